The third-order valence-electron chi connectivity index (χ3n) is 8.17. The number of benzene rings is 2. The number of amides is 1. The summed E-state index contributed by atoms with van der Waals surface area (Å²) in [6.45, 7) is 1.67. The summed E-state index contributed by atoms with van der Waals surface area (Å²) in [4.78, 5) is 24.6. The average molecular weight is 511 g/mol. The molecule has 4 aliphatic rings. The molecule has 192 valence electrons. The molecule has 4 fully saturated rings. The molecule has 0 aromatic heterocycles. The minimum absolute atomic E-state index is 0.232. The monoisotopic (exact) mass is 510 g/mol. The van der Waals surface area contributed by atoms with Gasteiger partial charge in [-0.1, -0.05) is 12.1 Å². The van der Waals surface area contributed by atoms with Crippen molar-refractivity contribution in [1.29, 1.82) is 0 Å². The lowest BCUT2D eigenvalue weighted by Crippen LogP contribution is -2.48. The highest BCUT2D eigenvalue weighted by Crippen LogP contribution is 2.60. The van der Waals surface area contributed by atoms with Crippen molar-refractivity contribution in [3.8, 4) is 0 Å². The molecule has 0 saturated heterocycles. The smallest absolute Gasteiger partial charge is 0.338 e. The molecule has 1 amide bonds. The highest BCUT2D eigenvalue weighted by Gasteiger charge is 2.51. The molecule has 0 radical (unpaired) electrons. The quantitative estimate of drug-likeness (QED) is 0.518. The van der Waals surface area contributed by atoms with Crippen LogP contribution >= 0.6 is 0 Å². The minimum atomic E-state index is -3.68. The van der Waals surface area contributed by atoms with E-state index in [4.69, 9.17) is 4.74 Å². The number of carbonyl (C=O) groups is 2. The van der Waals surface area contributed by atoms with E-state index in [0.29, 0.717) is 16.9 Å². The first-order valence-corrected chi connectivity index (χ1v) is 14.7. The van der Waals surface area contributed by atoms with Crippen molar-refractivity contribution in [2.24, 2.45) is 17.8 Å². The number of esters is 1. The topological polar surface area (TPSA) is 92.8 Å². The summed E-state index contributed by atoms with van der Waals surface area (Å²) >= 11 is 0. The summed E-state index contributed by atoms with van der Waals surface area (Å²) < 4.78 is 31.3. The van der Waals surface area contributed by atoms with Crippen molar-refractivity contribution in [3.63, 3.8) is 0 Å². The van der Waals surface area contributed by atoms with Crippen molar-refractivity contribution in [2.75, 3.05) is 29.0 Å². The van der Waals surface area contributed by atoms with E-state index >= 15 is 0 Å². The van der Waals surface area contributed by atoms with E-state index in [-0.39, 0.29) is 18.6 Å². The van der Waals surface area contributed by atoms with E-state index in [1.54, 1.807) is 31.2 Å². The normalized spacial score (nSPS) is 26.4. The zero-order valence-electron chi connectivity index (χ0n) is 20.9. The summed E-state index contributed by atoms with van der Waals surface area (Å²) in [6.07, 6.45) is 8.96. The largest absolute Gasteiger partial charge is 0.462 e. The van der Waals surface area contributed by atoms with Crippen LogP contribution in [0, 0.1) is 17.8 Å². The highest BCUT2D eigenvalue weighted by atomic mass is 32.2. The molecule has 2 aromatic carbocycles. The van der Waals surface area contributed by atoms with Gasteiger partial charge < -0.3 is 10.1 Å². The Hall–Kier alpha value is -2.87. The fourth-order valence-corrected chi connectivity index (χ4v) is 7.94. The van der Waals surface area contributed by atoms with Crippen molar-refractivity contribution in [3.05, 3.63) is 59.7 Å². The molecule has 36 heavy (non-hydrogen) atoms. The molecule has 0 unspecified atom stereocenters. The molecule has 7 nitrogen and oxygen atoms in total. The van der Waals surface area contributed by atoms with Crippen LogP contribution in [-0.4, -0.2) is 39.7 Å². The van der Waals surface area contributed by atoms with Crippen LogP contribution in [0.15, 0.2) is 48.5 Å². The third kappa shape index (κ3) is 5.01. The van der Waals surface area contributed by atoms with Crippen molar-refractivity contribution in [2.45, 2.75) is 50.9 Å². The standard InChI is InChI=1S/C28H34N2O5S/c1-3-35-27(32)22-4-8-24(9-5-22)29-26(31)18-30(36(2,33)34)25-10-6-23(7-11-25)28-15-19-12-20(16-28)14-21(13-19)17-28/h4-11,19-21H,3,12-18H2,1-2H3,(H,29,31). The molecule has 2 aromatic rings. The summed E-state index contributed by atoms with van der Waals surface area (Å²) in [5.74, 6) is 1.60. The predicted octanol–water partition coefficient (Wildman–Crippen LogP) is 4.74. The number of hydrogen-bond acceptors (Lipinski definition) is 5. The lowest BCUT2D eigenvalue weighted by Gasteiger charge is -2.57. The number of carbonyl (C=O) groups excluding carboxylic acids is 2. The lowest BCUT2D eigenvalue weighted by atomic mass is 9.48. The molecule has 4 aliphatic carbocycles. The molecule has 4 bridgehead atoms. The number of rotatable bonds is 8. The Labute approximate surface area is 213 Å². The molecule has 0 heterocycles. The summed E-state index contributed by atoms with van der Waals surface area (Å²) in [5.41, 5.74) is 2.88. The second-order valence-electron chi connectivity index (χ2n) is 10.9. The van der Waals surface area contributed by atoms with Crippen LogP contribution in [0.3, 0.4) is 0 Å². The van der Waals surface area contributed by atoms with Gasteiger partial charge in [0.1, 0.15) is 6.54 Å². The van der Waals surface area contributed by atoms with Crippen LogP contribution in [0.5, 0.6) is 0 Å². The van der Waals surface area contributed by atoms with E-state index < -0.39 is 21.9 Å². The van der Waals surface area contributed by atoms with Gasteiger partial charge in [0.15, 0.2) is 0 Å². The fourth-order valence-electron chi connectivity index (χ4n) is 7.08. The lowest BCUT2D eigenvalue weighted by molar-refractivity contribution is -0.114. The fraction of sp³-hybridized carbons (Fsp3) is 0.500. The number of sulfonamides is 1. The van der Waals surface area contributed by atoms with Gasteiger partial charge in [0.2, 0.25) is 15.9 Å². The van der Waals surface area contributed by atoms with Crippen LogP contribution in [0.1, 0.15) is 61.4 Å². The molecule has 0 spiro atoms. The Bertz CT molecular complexity index is 1200. The van der Waals surface area contributed by atoms with Gasteiger partial charge in [0.25, 0.3) is 0 Å². The number of hydrogen-bond donors (Lipinski definition) is 1. The maximum Gasteiger partial charge on any atom is 0.338 e. The molecular weight excluding hydrogens is 476 g/mol. The number of anilines is 2. The molecule has 0 aliphatic heterocycles. The van der Waals surface area contributed by atoms with Gasteiger partial charge in [0, 0.05) is 5.69 Å². The number of nitrogens with one attached hydrogen (secondary N) is 1. The second kappa shape index (κ2) is 9.54. The van der Waals surface area contributed by atoms with E-state index in [1.807, 2.05) is 12.1 Å². The van der Waals surface area contributed by atoms with Crippen LogP contribution in [-0.2, 0) is 25.0 Å². The van der Waals surface area contributed by atoms with E-state index in [2.05, 4.69) is 17.4 Å². The molecular formula is C28H34N2O5S. The maximum absolute atomic E-state index is 12.8. The van der Waals surface area contributed by atoms with Gasteiger partial charge in [-0.2, -0.15) is 0 Å². The van der Waals surface area contributed by atoms with Gasteiger partial charge in [0.05, 0.1) is 24.1 Å². The van der Waals surface area contributed by atoms with Gasteiger partial charge in [-0.05, 0) is 111 Å². The molecule has 6 rings (SSSR count). The predicted molar refractivity (Wildman–Crippen MR) is 140 cm³/mol. The first-order valence-electron chi connectivity index (χ1n) is 12.8. The summed E-state index contributed by atoms with van der Waals surface area (Å²) in [5, 5.41) is 2.72. The number of ether oxygens (including phenoxy) is 1. The Balaban J connectivity index is 1.28. The zero-order valence-corrected chi connectivity index (χ0v) is 21.7. The Morgan fingerprint density at radius 1 is 0.944 bits per heavy atom. The van der Waals surface area contributed by atoms with Gasteiger partial charge in [-0.25, -0.2) is 13.2 Å². The van der Waals surface area contributed by atoms with Crippen molar-refractivity contribution in [1.82, 2.24) is 0 Å². The van der Waals surface area contributed by atoms with Crippen molar-refractivity contribution >= 4 is 33.3 Å². The summed E-state index contributed by atoms with van der Waals surface area (Å²) in [7, 11) is -3.68. The van der Waals surface area contributed by atoms with Crippen LogP contribution in [0.4, 0.5) is 11.4 Å². The molecule has 4 saturated carbocycles. The van der Waals surface area contributed by atoms with Crippen LogP contribution < -0.4 is 9.62 Å². The second-order valence-corrected chi connectivity index (χ2v) is 12.8. The molecule has 0 atom stereocenters. The van der Waals surface area contributed by atoms with Gasteiger partial charge >= 0.3 is 5.97 Å². The van der Waals surface area contributed by atoms with E-state index in [0.717, 1.165) is 28.3 Å². The average Bonchev–Trinajstić information content (AvgIpc) is 2.82. The Morgan fingerprint density at radius 2 is 1.50 bits per heavy atom. The first kappa shape index (κ1) is 24.8. The summed E-state index contributed by atoms with van der Waals surface area (Å²) in [6, 6.07) is 14.1. The number of nitrogens with zero attached hydrogens (tertiary/aromatic N) is 1. The minimum Gasteiger partial charge on any atom is -0.462 e. The van der Waals surface area contributed by atoms with E-state index in [9.17, 15) is 18.0 Å². The van der Waals surface area contributed by atoms with Gasteiger partial charge in [-0.3, -0.25) is 9.10 Å². The van der Waals surface area contributed by atoms with Crippen LogP contribution in [0.25, 0.3) is 0 Å². The van der Waals surface area contributed by atoms with Gasteiger partial charge in [-0.15, -0.1) is 0 Å². The Morgan fingerprint density at radius 3 is 2.00 bits per heavy atom. The molecule has 8 heteroatoms. The maximum atomic E-state index is 12.8. The van der Waals surface area contributed by atoms with E-state index in [1.165, 1.54) is 44.1 Å². The van der Waals surface area contributed by atoms with Crippen molar-refractivity contribution < 1.29 is 22.7 Å². The first-order chi connectivity index (χ1) is 17.1. The Kier molecular flexibility index (Phi) is 6.57. The SMILES string of the molecule is CCOC(=O)c1ccc(NC(=O)CN(c2ccc(C34CC5CC(CC(C5)C3)C4)cc2)S(C)(=O)=O)cc1. The zero-order chi connectivity index (χ0) is 25.5. The highest BCUT2D eigenvalue weighted by molar-refractivity contribution is 7.92. The van der Waals surface area contributed by atoms with Crippen LogP contribution in [0.2, 0.25) is 0 Å². The third-order valence-corrected chi connectivity index (χ3v) is 9.31. The molecule has 1 N–H and O–H groups in total.